The fourth-order valence-electron chi connectivity index (χ4n) is 2.20. The second kappa shape index (κ2) is 7.02. The highest BCUT2D eigenvalue weighted by molar-refractivity contribution is 6.40. The molecule has 1 aliphatic heterocycles. The minimum Gasteiger partial charge on any atom is -0.341 e. The van der Waals surface area contributed by atoms with Gasteiger partial charge in [-0.15, -0.1) is 0 Å². The summed E-state index contributed by atoms with van der Waals surface area (Å²) < 4.78 is 0. The first-order valence-electron chi connectivity index (χ1n) is 7.34. The third-order valence-corrected chi connectivity index (χ3v) is 3.47. The van der Waals surface area contributed by atoms with Crippen molar-refractivity contribution in [3.05, 3.63) is 30.3 Å². The maximum atomic E-state index is 12.3. The van der Waals surface area contributed by atoms with Gasteiger partial charge >= 0.3 is 0 Å². The highest BCUT2D eigenvalue weighted by atomic mass is 16.2. The fourth-order valence-corrected chi connectivity index (χ4v) is 2.20. The minimum absolute atomic E-state index is 0.0750. The highest BCUT2D eigenvalue weighted by Gasteiger charge is 2.26. The average Bonchev–Trinajstić information content (AvgIpc) is 2.53. The third-order valence-electron chi connectivity index (χ3n) is 3.47. The number of nitrogens with zero attached hydrogens (tertiary/aromatic N) is 3. The van der Waals surface area contributed by atoms with Gasteiger partial charge < -0.3 is 4.90 Å². The quantitative estimate of drug-likeness (QED) is 0.835. The lowest BCUT2D eigenvalue weighted by molar-refractivity contribution is -0.123. The van der Waals surface area contributed by atoms with E-state index in [2.05, 4.69) is 12.0 Å². The fraction of sp³-hybridized carbons (Fsp3) is 0.438. The van der Waals surface area contributed by atoms with Crippen molar-refractivity contribution < 1.29 is 9.59 Å². The number of benzene rings is 1. The predicted molar refractivity (Wildman–Crippen MR) is 83.1 cm³/mol. The summed E-state index contributed by atoms with van der Waals surface area (Å²) >= 11 is 0. The molecule has 0 spiro atoms. The number of carbonyl (C=O) groups excluding carboxylic acids is 2. The topological polar surface area (TPSA) is 53.0 Å². The number of hydrazone groups is 1. The molecule has 1 aliphatic rings. The van der Waals surface area contributed by atoms with Crippen LogP contribution in [0, 0.1) is 0 Å². The maximum Gasteiger partial charge on any atom is 0.269 e. The van der Waals surface area contributed by atoms with Crippen molar-refractivity contribution in [2.45, 2.75) is 32.6 Å². The number of unbranched alkanes of at least 4 members (excludes halogenated alkanes) is 1. The van der Waals surface area contributed by atoms with E-state index in [1.165, 1.54) is 5.01 Å². The number of amides is 2. The molecule has 5 heteroatoms. The van der Waals surface area contributed by atoms with Gasteiger partial charge in [0.05, 0.1) is 5.69 Å². The van der Waals surface area contributed by atoms with Gasteiger partial charge in [-0.1, -0.05) is 31.5 Å². The van der Waals surface area contributed by atoms with Crippen molar-refractivity contribution >= 4 is 23.2 Å². The Morgan fingerprint density at radius 1 is 1.29 bits per heavy atom. The Bertz CT molecular complexity index is 540. The van der Waals surface area contributed by atoms with Crippen LogP contribution in [0.25, 0.3) is 0 Å². The molecular weight excluding hydrogens is 266 g/mol. The molecule has 1 heterocycles. The van der Waals surface area contributed by atoms with Crippen LogP contribution in [0.15, 0.2) is 35.4 Å². The first-order chi connectivity index (χ1) is 10.1. The van der Waals surface area contributed by atoms with Crippen LogP contribution in [0.2, 0.25) is 0 Å². The normalized spacial score (nSPS) is 14.9. The molecule has 0 saturated carbocycles. The second-order valence-electron chi connectivity index (χ2n) is 5.17. The summed E-state index contributed by atoms with van der Waals surface area (Å²) in [5, 5.41) is 5.61. The van der Waals surface area contributed by atoms with Crippen molar-refractivity contribution in [2.75, 3.05) is 18.6 Å². The number of hydrogen-bond donors (Lipinski definition) is 0. The van der Waals surface area contributed by atoms with Gasteiger partial charge in [0.2, 0.25) is 5.91 Å². The zero-order valence-electron chi connectivity index (χ0n) is 12.6. The SMILES string of the molecule is CCCCN(C)C(=O)C1=NN(c2ccccc2)C(=O)CC1. The lowest BCUT2D eigenvalue weighted by atomic mass is 10.1. The van der Waals surface area contributed by atoms with Gasteiger partial charge in [0, 0.05) is 26.4 Å². The molecule has 2 rings (SSSR count). The molecule has 1 aromatic carbocycles. The average molecular weight is 287 g/mol. The maximum absolute atomic E-state index is 12.3. The molecule has 0 saturated heterocycles. The Hall–Kier alpha value is -2.17. The van der Waals surface area contributed by atoms with E-state index in [1.54, 1.807) is 11.9 Å². The molecule has 0 N–H and O–H groups in total. The summed E-state index contributed by atoms with van der Waals surface area (Å²) in [5.41, 5.74) is 1.15. The number of carbonyl (C=O) groups is 2. The zero-order valence-corrected chi connectivity index (χ0v) is 12.6. The van der Waals surface area contributed by atoms with Crippen LogP contribution in [-0.2, 0) is 9.59 Å². The summed E-state index contributed by atoms with van der Waals surface area (Å²) in [6.45, 7) is 2.81. The summed E-state index contributed by atoms with van der Waals surface area (Å²) in [7, 11) is 1.78. The van der Waals surface area contributed by atoms with Gasteiger partial charge in [-0.25, -0.2) is 5.01 Å². The van der Waals surface area contributed by atoms with E-state index in [1.807, 2.05) is 30.3 Å². The number of para-hydroxylation sites is 1. The molecule has 2 amide bonds. The molecule has 0 atom stereocenters. The van der Waals surface area contributed by atoms with Gasteiger partial charge in [-0.05, 0) is 18.6 Å². The first kappa shape index (κ1) is 15.2. The molecule has 0 unspecified atom stereocenters. The summed E-state index contributed by atoms with van der Waals surface area (Å²) in [6, 6.07) is 9.21. The third kappa shape index (κ3) is 3.68. The standard InChI is InChI=1S/C16H21N3O2/c1-3-4-12-18(2)16(21)14-10-11-15(20)19(17-14)13-8-6-5-7-9-13/h5-9H,3-4,10-12H2,1-2H3. The molecular formula is C16H21N3O2. The van der Waals surface area contributed by atoms with Crippen LogP contribution in [0.4, 0.5) is 5.69 Å². The van der Waals surface area contributed by atoms with E-state index in [0.29, 0.717) is 30.8 Å². The number of anilines is 1. The van der Waals surface area contributed by atoms with Gasteiger partial charge in [-0.2, -0.15) is 5.10 Å². The van der Waals surface area contributed by atoms with Gasteiger partial charge in [0.15, 0.2) is 0 Å². The molecule has 0 aromatic heterocycles. The molecule has 21 heavy (non-hydrogen) atoms. The molecule has 0 fully saturated rings. The van der Waals surface area contributed by atoms with Gasteiger partial charge in [0.1, 0.15) is 5.71 Å². The van der Waals surface area contributed by atoms with Crippen LogP contribution in [0.5, 0.6) is 0 Å². The van der Waals surface area contributed by atoms with Crippen molar-refractivity contribution in [3.63, 3.8) is 0 Å². The summed E-state index contributed by atoms with van der Waals surface area (Å²) in [4.78, 5) is 26.0. The Labute approximate surface area is 125 Å². The first-order valence-corrected chi connectivity index (χ1v) is 7.34. The minimum atomic E-state index is -0.0862. The predicted octanol–water partition coefficient (Wildman–Crippen LogP) is 2.43. The molecule has 0 radical (unpaired) electrons. The van der Waals surface area contributed by atoms with E-state index in [0.717, 1.165) is 12.8 Å². The largest absolute Gasteiger partial charge is 0.341 e. The van der Waals surface area contributed by atoms with E-state index in [-0.39, 0.29) is 11.8 Å². The molecule has 1 aromatic rings. The molecule has 5 nitrogen and oxygen atoms in total. The van der Waals surface area contributed by atoms with Crippen LogP contribution >= 0.6 is 0 Å². The smallest absolute Gasteiger partial charge is 0.269 e. The summed E-state index contributed by atoms with van der Waals surface area (Å²) in [5.74, 6) is -0.161. The van der Waals surface area contributed by atoms with Crippen molar-refractivity contribution in [2.24, 2.45) is 5.10 Å². The Morgan fingerprint density at radius 3 is 2.67 bits per heavy atom. The lowest BCUT2D eigenvalue weighted by Gasteiger charge is -2.25. The van der Waals surface area contributed by atoms with Gasteiger partial charge in [0.25, 0.3) is 5.91 Å². The Balaban J connectivity index is 2.17. The van der Waals surface area contributed by atoms with Crippen LogP contribution < -0.4 is 5.01 Å². The second-order valence-corrected chi connectivity index (χ2v) is 5.17. The van der Waals surface area contributed by atoms with E-state index in [4.69, 9.17) is 0 Å². The van der Waals surface area contributed by atoms with Gasteiger partial charge in [-0.3, -0.25) is 9.59 Å². The van der Waals surface area contributed by atoms with Crippen LogP contribution in [-0.4, -0.2) is 36.0 Å². The molecule has 112 valence electrons. The van der Waals surface area contributed by atoms with Crippen LogP contribution in [0.1, 0.15) is 32.6 Å². The highest BCUT2D eigenvalue weighted by Crippen LogP contribution is 2.20. The van der Waals surface area contributed by atoms with E-state index < -0.39 is 0 Å². The Morgan fingerprint density at radius 2 is 2.00 bits per heavy atom. The van der Waals surface area contributed by atoms with Crippen LogP contribution in [0.3, 0.4) is 0 Å². The van der Waals surface area contributed by atoms with E-state index in [9.17, 15) is 9.59 Å². The number of hydrogen-bond acceptors (Lipinski definition) is 3. The zero-order chi connectivity index (χ0) is 15.2. The Kier molecular flexibility index (Phi) is 5.09. The van der Waals surface area contributed by atoms with E-state index >= 15 is 0 Å². The van der Waals surface area contributed by atoms with Crippen molar-refractivity contribution in [3.8, 4) is 0 Å². The molecule has 0 bridgehead atoms. The van der Waals surface area contributed by atoms with Crippen molar-refractivity contribution in [1.82, 2.24) is 4.90 Å². The monoisotopic (exact) mass is 287 g/mol. The lowest BCUT2D eigenvalue weighted by Crippen LogP contribution is -2.40. The number of rotatable bonds is 5. The van der Waals surface area contributed by atoms with Crippen molar-refractivity contribution in [1.29, 1.82) is 0 Å². The summed E-state index contributed by atoms with van der Waals surface area (Å²) in [6.07, 6.45) is 2.74. The molecule has 0 aliphatic carbocycles.